The van der Waals surface area contributed by atoms with E-state index < -0.39 is 18.1 Å². The number of furan rings is 1. The Hall–Kier alpha value is -6.43. The van der Waals surface area contributed by atoms with E-state index in [1.54, 1.807) is 11.3 Å². The number of hydrogen-bond donors (Lipinski definition) is 0. The van der Waals surface area contributed by atoms with E-state index in [0.29, 0.717) is 22.5 Å². The van der Waals surface area contributed by atoms with Crippen LogP contribution in [0.15, 0.2) is 168 Å². The van der Waals surface area contributed by atoms with Crippen molar-refractivity contribution in [2.75, 3.05) is 0 Å². The zero-order chi connectivity index (χ0) is 37.4. The van der Waals surface area contributed by atoms with Gasteiger partial charge in [0.2, 0.25) is 0 Å². The van der Waals surface area contributed by atoms with E-state index in [4.69, 9.17) is 26.2 Å². The lowest BCUT2D eigenvalue weighted by molar-refractivity contribution is 0.669. The standard InChI is InChI=1S/C45H27N3OS/c1-3-11-28(12-4-1)33-16-9-18-37-38-19-10-17-34(42(38)50-41(33)37)29-21-23-31(24-22-29)44-46-43(30-13-5-2-6-14-30)47-45(48-44)32-25-26-36-35-15-7-8-20-39(35)49-40(36)27-32/h1-27H/i2D,5D,6D,13D,14D. The van der Waals surface area contributed by atoms with Crippen LogP contribution in [-0.2, 0) is 0 Å². The summed E-state index contributed by atoms with van der Waals surface area (Å²) in [7, 11) is 0. The Balaban J connectivity index is 1.11. The molecule has 0 saturated carbocycles. The predicted octanol–water partition coefficient (Wildman–Crippen LogP) is 12.5. The second-order valence-corrected chi connectivity index (χ2v) is 13.0. The van der Waals surface area contributed by atoms with E-state index in [1.807, 2.05) is 72.8 Å². The number of rotatable bonds is 5. The monoisotopic (exact) mass is 662 g/mol. The van der Waals surface area contributed by atoms with E-state index in [-0.39, 0.29) is 29.3 Å². The van der Waals surface area contributed by atoms with Gasteiger partial charge < -0.3 is 4.42 Å². The third-order valence-corrected chi connectivity index (χ3v) is 10.3. The number of nitrogens with zero attached hydrogens (tertiary/aromatic N) is 3. The van der Waals surface area contributed by atoms with Crippen LogP contribution in [0.5, 0.6) is 0 Å². The summed E-state index contributed by atoms with van der Waals surface area (Å²) >= 11 is 1.79. The SMILES string of the molecule is [2H]c1c([2H])c([2H])c(-c2nc(-c3ccc(-c4cccc5c4sc4c(-c6ccccc6)cccc45)cc3)nc(-c3ccc4c(c3)oc3ccccc34)n2)c([2H])c1[2H]. The van der Waals surface area contributed by atoms with Crippen molar-refractivity contribution >= 4 is 53.4 Å². The van der Waals surface area contributed by atoms with Crippen LogP contribution in [0.4, 0.5) is 0 Å². The van der Waals surface area contributed by atoms with E-state index in [9.17, 15) is 0 Å². The van der Waals surface area contributed by atoms with E-state index in [1.165, 1.54) is 31.3 Å². The maximum absolute atomic E-state index is 8.70. The van der Waals surface area contributed by atoms with Crippen molar-refractivity contribution in [3.63, 3.8) is 0 Å². The topological polar surface area (TPSA) is 51.8 Å². The molecule has 7 aromatic carbocycles. The molecule has 4 nitrogen and oxygen atoms in total. The van der Waals surface area contributed by atoms with Gasteiger partial charge in [-0.1, -0.05) is 145 Å². The molecule has 0 spiro atoms. The molecule has 5 heteroatoms. The predicted molar refractivity (Wildman–Crippen MR) is 207 cm³/mol. The minimum Gasteiger partial charge on any atom is -0.456 e. The Morgan fingerprint density at radius 3 is 1.68 bits per heavy atom. The van der Waals surface area contributed by atoms with Crippen molar-refractivity contribution in [2.45, 2.75) is 0 Å². The average molecular weight is 663 g/mol. The molecule has 0 unspecified atom stereocenters. The highest BCUT2D eigenvalue weighted by Crippen LogP contribution is 2.44. The Morgan fingerprint density at radius 1 is 0.420 bits per heavy atom. The normalized spacial score (nSPS) is 13.0. The van der Waals surface area contributed by atoms with Gasteiger partial charge in [0.1, 0.15) is 11.2 Å². The minimum atomic E-state index is -0.482. The smallest absolute Gasteiger partial charge is 0.164 e. The molecule has 3 aromatic heterocycles. The lowest BCUT2D eigenvalue weighted by atomic mass is 9.99. The van der Waals surface area contributed by atoms with Gasteiger partial charge in [0, 0.05) is 47.6 Å². The summed E-state index contributed by atoms with van der Waals surface area (Å²) in [5.41, 5.74) is 7.16. The van der Waals surface area contributed by atoms with Gasteiger partial charge in [-0.15, -0.1) is 11.3 Å². The Bertz CT molecular complexity index is 3130. The van der Waals surface area contributed by atoms with Crippen LogP contribution in [0.2, 0.25) is 0 Å². The van der Waals surface area contributed by atoms with Gasteiger partial charge >= 0.3 is 0 Å². The summed E-state index contributed by atoms with van der Waals surface area (Å²) in [5, 5.41) is 4.35. The van der Waals surface area contributed by atoms with Crippen LogP contribution in [0.3, 0.4) is 0 Å². The maximum Gasteiger partial charge on any atom is 0.164 e. The molecule has 10 aromatic rings. The van der Waals surface area contributed by atoms with Crippen LogP contribution in [0, 0.1) is 0 Å². The van der Waals surface area contributed by atoms with Gasteiger partial charge in [0.25, 0.3) is 0 Å². The van der Waals surface area contributed by atoms with Crippen LogP contribution in [-0.4, -0.2) is 15.0 Å². The molecule has 0 aliphatic heterocycles. The van der Waals surface area contributed by atoms with Crippen molar-refractivity contribution in [1.29, 1.82) is 0 Å². The lowest BCUT2D eigenvalue weighted by Crippen LogP contribution is -2.00. The fraction of sp³-hybridized carbons (Fsp3) is 0. The van der Waals surface area contributed by atoms with Crippen LogP contribution >= 0.6 is 11.3 Å². The first-order chi connectivity index (χ1) is 26.8. The second-order valence-electron chi connectivity index (χ2n) is 12.0. The molecular weight excluding hydrogens is 631 g/mol. The molecule has 0 amide bonds. The van der Waals surface area contributed by atoms with Crippen molar-refractivity contribution in [3.05, 3.63) is 164 Å². The largest absolute Gasteiger partial charge is 0.456 e. The third kappa shape index (κ3) is 4.79. The summed E-state index contributed by atoms with van der Waals surface area (Å²) < 4.78 is 50.8. The number of fused-ring (bicyclic) bond motifs is 6. The zero-order valence-corrected chi connectivity index (χ0v) is 27.2. The number of para-hydroxylation sites is 1. The van der Waals surface area contributed by atoms with Crippen molar-refractivity contribution < 1.29 is 11.3 Å². The number of thiophene rings is 1. The van der Waals surface area contributed by atoms with Gasteiger partial charge in [-0.25, -0.2) is 15.0 Å². The van der Waals surface area contributed by atoms with Gasteiger partial charge in [-0.2, -0.15) is 0 Å². The fourth-order valence-corrected chi connectivity index (χ4v) is 8.04. The summed E-state index contributed by atoms with van der Waals surface area (Å²) in [5.74, 6) is 0.563. The first-order valence-corrected chi connectivity index (χ1v) is 17.0. The van der Waals surface area contributed by atoms with Crippen molar-refractivity contribution in [1.82, 2.24) is 15.0 Å². The first kappa shape index (κ1) is 23.8. The highest BCUT2D eigenvalue weighted by atomic mass is 32.1. The molecule has 50 heavy (non-hydrogen) atoms. The van der Waals surface area contributed by atoms with E-state index in [0.717, 1.165) is 27.5 Å². The number of benzene rings is 7. The molecule has 0 aliphatic carbocycles. The fourth-order valence-electron chi connectivity index (χ4n) is 6.66. The van der Waals surface area contributed by atoms with Gasteiger partial charge in [-0.05, 0) is 40.5 Å². The minimum absolute atomic E-state index is 0.0185. The molecule has 0 fully saturated rings. The van der Waals surface area contributed by atoms with Crippen molar-refractivity contribution in [2.24, 2.45) is 0 Å². The van der Waals surface area contributed by atoms with Crippen LogP contribution in [0.25, 0.3) is 98.5 Å². The third-order valence-electron chi connectivity index (χ3n) is 9.06. The van der Waals surface area contributed by atoms with Crippen LogP contribution < -0.4 is 0 Å². The van der Waals surface area contributed by atoms with E-state index >= 15 is 0 Å². The number of hydrogen-bond acceptors (Lipinski definition) is 5. The molecule has 0 aliphatic rings. The molecule has 0 saturated heterocycles. The summed E-state index contributed by atoms with van der Waals surface area (Å²) in [6.45, 7) is 0. The zero-order valence-electron chi connectivity index (χ0n) is 31.4. The second kappa shape index (κ2) is 11.6. The Labute approximate surface area is 299 Å². The van der Waals surface area contributed by atoms with E-state index in [2.05, 4.69) is 60.7 Å². The summed E-state index contributed by atoms with van der Waals surface area (Å²) in [4.78, 5) is 14.3. The van der Waals surface area contributed by atoms with Crippen LogP contribution in [0.1, 0.15) is 6.85 Å². The molecule has 234 valence electrons. The van der Waals surface area contributed by atoms with Crippen molar-refractivity contribution in [3.8, 4) is 56.4 Å². The van der Waals surface area contributed by atoms with Gasteiger partial charge in [0.15, 0.2) is 17.5 Å². The Morgan fingerprint density at radius 2 is 0.960 bits per heavy atom. The quantitative estimate of drug-likeness (QED) is 0.184. The molecule has 10 rings (SSSR count). The molecule has 3 heterocycles. The van der Waals surface area contributed by atoms with Gasteiger partial charge in [0.05, 0.1) is 6.85 Å². The highest BCUT2D eigenvalue weighted by molar-refractivity contribution is 7.26. The molecule has 0 bridgehead atoms. The lowest BCUT2D eigenvalue weighted by Gasteiger charge is -2.09. The molecule has 0 N–H and O–H groups in total. The average Bonchev–Trinajstić information content (AvgIpc) is 3.81. The van der Waals surface area contributed by atoms with Gasteiger partial charge in [-0.3, -0.25) is 0 Å². The molecule has 0 atom stereocenters. The number of aromatic nitrogens is 3. The first-order valence-electron chi connectivity index (χ1n) is 18.7. The molecular formula is C45H27N3OS. The highest BCUT2D eigenvalue weighted by Gasteiger charge is 2.17. The summed E-state index contributed by atoms with van der Waals surface area (Å²) in [6, 6.07) is 42.7. The Kier molecular flexibility index (Phi) is 5.54. The summed E-state index contributed by atoms with van der Waals surface area (Å²) in [6.07, 6.45) is 0. The maximum atomic E-state index is 8.70. The molecule has 0 radical (unpaired) electrons.